The number of ketones is 1. The number of carbonyl (C=O) groups is 1. The number of rotatable bonds is 4. The Bertz CT molecular complexity index is 727. The highest BCUT2D eigenvalue weighted by Gasteiger charge is 2.14. The third-order valence-corrected chi connectivity index (χ3v) is 3.29. The van der Waals surface area contributed by atoms with Crippen LogP contribution in [0.25, 0.3) is 6.08 Å². The van der Waals surface area contributed by atoms with Crippen LogP contribution in [0.4, 0.5) is 5.69 Å². The zero-order valence-corrected chi connectivity index (χ0v) is 12.0. The lowest BCUT2D eigenvalue weighted by atomic mass is 10.1. The molecule has 0 unspecified atom stereocenters. The lowest BCUT2D eigenvalue weighted by Crippen LogP contribution is -1.99. The second-order valence-electron chi connectivity index (χ2n) is 4.72. The van der Waals surface area contributed by atoms with E-state index in [1.54, 1.807) is 36.9 Å². The first kappa shape index (κ1) is 14.6. The molecular weight excluding hydrogens is 270 g/mol. The van der Waals surface area contributed by atoms with Gasteiger partial charge in [0.25, 0.3) is 5.69 Å². The molecule has 0 saturated heterocycles. The first-order valence-corrected chi connectivity index (χ1v) is 6.37. The Hall–Kier alpha value is -2.76. The molecule has 0 aliphatic heterocycles. The van der Waals surface area contributed by atoms with Gasteiger partial charge in [-0.15, -0.1) is 0 Å². The summed E-state index contributed by atoms with van der Waals surface area (Å²) in [5.41, 5.74) is 2.85. The van der Waals surface area contributed by atoms with Crippen molar-refractivity contribution >= 4 is 17.5 Å². The Morgan fingerprint density at radius 2 is 1.90 bits per heavy atom. The molecule has 0 amide bonds. The summed E-state index contributed by atoms with van der Waals surface area (Å²) < 4.78 is 1.67. The van der Waals surface area contributed by atoms with Crippen LogP contribution in [-0.4, -0.2) is 20.5 Å². The van der Waals surface area contributed by atoms with Crippen LogP contribution in [0.3, 0.4) is 0 Å². The summed E-state index contributed by atoms with van der Waals surface area (Å²) in [6.45, 7) is 3.63. The molecule has 0 atom stereocenters. The number of hydrogen-bond acceptors (Lipinski definition) is 4. The van der Waals surface area contributed by atoms with E-state index < -0.39 is 4.92 Å². The molecule has 0 spiro atoms. The number of non-ortho nitro benzene ring substituents is 1. The largest absolute Gasteiger partial charge is 0.289 e. The minimum absolute atomic E-state index is 0.0254. The number of nitro groups is 1. The number of allylic oxidation sites excluding steroid dienone is 1. The highest BCUT2D eigenvalue weighted by molar-refractivity contribution is 6.08. The number of aromatic nitrogens is 2. The predicted molar refractivity (Wildman–Crippen MR) is 79.1 cm³/mol. The summed E-state index contributed by atoms with van der Waals surface area (Å²) in [4.78, 5) is 22.3. The summed E-state index contributed by atoms with van der Waals surface area (Å²) >= 11 is 0. The SMILES string of the molecule is Cc1nn(C)c(C)c1C(=O)C=Cc1ccc([N+](=O)[O-])cc1. The molecular formula is C15H15N3O3. The fourth-order valence-corrected chi connectivity index (χ4v) is 2.09. The lowest BCUT2D eigenvalue weighted by molar-refractivity contribution is -0.384. The van der Waals surface area contributed by atoms with Crippen molar-refractivity contribution in [2.45, 2.75) is 13.8 Å². The van der Waals surface area contributed by atoms with Gasteiger partial charge < -0.3 is 0 Å². The number of aryl methyl sites for hydroxylation is 2. The van der Waals surface area contributed by atoms with Crippen molar-refractivity contribution in [2.75, 3.05) is 0 Å². The Kier molecular flexibility index (Phi) is 3.98. The minimum atomic E-state index is -0.457. The maximum absolute atomic E-state index is 12.2. The monoisotopic (exact) mass is 285 g/mol. The van der Waals surface area contributed by atoms with E-state index in [0.29, 0.717) is 11.3 Å². The summed E-state index contributed by atoms with van der Waals surface area (Å²) in [5.74, 6) is -0.128. The van der Waals surface area contributed by atoms with Gasteiger partial charge in [0.1, 0.15) is 0 Å². The molecule has 0 fully saturated rings. The second-order valence-corrected chi connectivity index (χ2v) is 4.72. The normalized spacial score (nSPS) is 11.0. The fourth-order valence-electron chi connectivity index (χ4n) is 2.09. The molecule has 0 N–H and O–H groups in total. The molecule has 2 rings (SSSR count). The summed E-state index contributed by atoms with van der Waals surface area (Å²) in [7, 11) is 1.79. The van der Waals surface area contributed by atoms with Crippen molar-refractivity contribution in [1.29, 1.82) is 0 Å². The van der Waals surface area contributed by atoms with Gasteiger partial charge in [0.2, 0.25) is 0 Å². The van der Waals surface area contributed by atoms with Crippen molar-refractivity contribution in [3.05, 3.63) is 63.0 Å². The van der Waals surface area contributed by atoms with Crippen molar-refractivity contribution < 1.29 is 9.72 Å². The topological polar surface area (TPSA) is 78.0 Å². The summed E-state index contributed by atoms with van der Waals surface area (Å²) in [6.07, 6.45) is 3.09. The Labute approximate surface area is 121 Å². The fraction of sp³-hybridized carbons (Fsp3) is 0.200. The molecule has 21 heavy (non-hydrogen) atoms. The molecule has 6 nitrogen and oxygen atoms in total. The number of benzene rings is 1. The smallest absolute Gasteiger partial charge is 0.269 e. The highest BCUT2D eigenvalue weighted by Crippen LogP contribution is 2.16. The molecule has 108 valence electrons. The van der Waals surface area contributed by atoms with Crippen LogP contribution in [-0.2, 0) is 7.05 Å². The Morgan fingerprint density at radius 1 is 1.29 bits per heavy atom. The van der Waals surface area contributed by atoms with E-state index in [-0.39, 0.29) is 11.5 Å². The summed E-state index contributed by atoms with van der Waals surface area (Å²) in [5, 5.41) is 14.8. The van der Waals surface area contributed by atoms with Gasteiger partial charge in [-0.05, 0) is 37.6 Å². The Balaban J connectivity index is 2.20. The lowest BCUT2D eigenvalue weighted by Gasteiger charge is -1.97. The van der Waals surface area contributed by atoms with Gasteiger partial charge in [-0.25, -0.2) is 0 Å². The van der Waals surface area contributed by atoms with E-state index in [2.05, 4.69) is 5.10 Å². The molecule has 1 heterocycles. The van der Waals surface area contributed by atoms with Crippen molar-refractivity contribution in [3.63, 3.8) is 0 Å². The second kappa shape index (κ2) is 5.70. The van der Waals surface area contributed by atoms with Crippen molar-refractivity contribution in [1.82, 2.24) is 9.78 Å². The van der Waals surface area contributed by atoms with Crippen LogP contribution in [0, 0.1) is 24.0 Å². The highest BCUT2D eigenvalue weighted by atomic mass is 16.6. The molecule has 2 aromatic rings. The molecule has 0 radical (unpaired) electrons. The van der Waals surface area contributed by atoms with E-state index in [1.165, 1.54) is 18.2 Å². The quantitative estimate of drug-likeness (QED) is 0.374. The number of nitro benzene ring substituents is 1. The van der Waals surface area contributed by atoms with Gasteiger partial charge in [-0.3, -0.25) is 19.6 Å². The standard InChI is InChI=1S/C15H15N3O3/c1-10-15(11(2)17(3)16-10)14(19)9-6-12-4-7-13(8-5-12)18(20)21/h4-9H,1-3H3. The molecule has 1 aromatic heterocycles. The Morgan fingerprint density at radius 3 is 2.38 bits per heavy atom. The molecule has 0 aliphatic carbocycles. The molecule has 0 bridgehead atoms. The van der Waals surface area contributed by atoms with Crippen LogP contribution in [0.1, 0.15) is 27.3 Å². The van der Waals surface area contributed by atoms with Gasteiger partial charge >= 0.3 is 0 Å². The van der Waals surface area contributed by atoms with E-state index in [9.17, 15) is 14.9 Å². The average molecular weight is 285 g/mol. The van der Waals surface area contributed by atoms with Gasteiger partial charge in [-0.2, -0.15) is 5.10 Å². The van der Waals surface area contributed by atoms with Crippen LogP contribution in [0.15, 0.2) is 30.3 Å². The van der Waals surface area contributed by atoms with Crippen molar-refractivity contribution in [2.24, 2.45) is 7.05 Å². The molecule has 1 aromatic carbocycles. The first-order chi connectivity index (χ1) is 9.90. The van der Waals surface area contributed by atoms with Gasteiger partial charge in [0.15, 0.2) is 5.78 Å². The maximum atomic E-state index is 12.2. The van der Waals surface area contributed by atoms with Crippen molar-refractivity contribution in [3.8, 4) is 0 Å². The van der Waals surface area contributed by atoms with Crippen LogP contribution in [0.2, 0.25) is 0 Å². The van der Waals surface area contributed by atoms with Gasteiger partial charge in [0.05, 0.1) is 16.2 Å². The third kappa shape index (κ3) is 3.05. The average Bonchev–Trinajstić information content (AvgIpc) is 2.70. The minimum Gasteiger partial charge on any atom is -0.289 e. The van der Waals surface area contributed by atoms with Gasteiger partial charge in [-0.1, -0.05) is 6.08 Å². The number of carbonyl (C=O) groups excluding carboxylic acids is 1. The van der Waals surface area contributed by atoms with Crippen LogP contribution >= 0.6 is 0 Å². The van der Waals surface area contributed by atoms with Crippen LogP contribution in [0.5, 0.6) is 0 Å². The summed E-state index contributed by atoms with van der Waals surface area (Å²) in [6, 6.07) is 6.02. The third-order valence-electron chi connectivity index (χ3n) is 3.29. The van der Waals surface area contributed by atoms with E-state index in [0.717, 1.165) is 11.3 Å². The van der Waals surface area contributed by atoms with E-state index >= 15 is 0 Å². The number of hydrogen-bond donors (Lipinski definition) is 0. The van der Waals surface area contributed by atoms with Crippen LogP contribution < -0.4 is 0 Å². The molecule has 0 saturated carbocycles. The number of nitrogens with zero attached hydrogens (tertiary/aromatic N) is 3. The van der Waals surface area contributed by atoms with E-state index in [1.807, 2.05) is 6.92 Å². The van der Waals surface area contributed by atoms with E-state index in [4.69, 9.17) is 0 Å². The predicted octanol–water partition coefficient (Wildman–Crippen LogP) is 2.84. The van der Waals surface area contributed by atoms with Gasteiger partial charge in [0, 0.05) is 24.9 Å². The zero-order valence-electron chi connectivity index (χ0n) is 12.0. The molecule has 6 heteroatoms. The molecule has 0 aliphatic rings. The zero-order chi connectivity index (χ0) is 15.6. The first-order valence-electron chi connectivity index (χ1n) is 6.37. The maximum Gasteiger partial charge on any atom is 0.269 e.